The van der Waals surface area contributed by atoms with Gasteiger partial charge in [-0.15, -0.1) is 0 Å². The van der Waals surface area contributed by atoms with E-state index >= 15 is 0 Å². The third-order valence-electron chi connectivity index (χ3n) is 4.49. The van der Waals surface area contributed by atoms with Gasteiger partial charge in [0, 0.05) is 10.6 Å². The van der Waals surface area contributed by atoms with Crippen LogP contribution in [0.25, 0.3) is 0 Å². The van der Waals surface area contributed by atoms with Crippen LogP contribution in [0.5, 0.6) is 5.75 Å². The molecule has 10 heteroatoms. The first-order chi connectivity index (χ1) is 15.7. The van der Waals surface area contributed by atoms with Gasteiger partial charge in [-0.05, 0) is 61.5 Å². The molecule has 0 aromatic heterocycles. The zero-order valence-electron chi connectivity index (χ0n) is 17.8. The van der Waals surface area contributed by atoms with Crippen molar-refractivity contribution in [3.05, 3.63) is 82.9 Å². The van der Waals surface area contributed by atoms with Gasteiger partial charge in [-0.25, -0.2) is 13.2 Å². The number of amides is 1. The molecular formula is C23H21ClN2O6S. The molecule has 0 spiro atoms. The normalized spacial score (nSPS) is 10.9. The molecule has 3 rings (SSSR count). The van der Waals surface area contributed by atoms with E-state index in [2.05, 4.69) is 10.0 Å². The minimum absolute atomic E-state index is 0.0602. The van der Waals surface area contributed by atoms with Crippen molar-refractivity contribution in [2.24, 2.45) is 0 Å². The highest BCUT2D eigenvalue weighted by atomic mass is 35.5. The molecule has 0 aliphatic heterocycles. The summed E-state index contributed by atoms with van der Waals surface area (Å²) in [7, 11) is -2.92. The van der Waals surface area contributed by atoms with Crippen molar-refractivity contribution in [1.82, 2.24) is 0 Å². The monoisotopic (exact) mass is 488 g/mol. The molecule has 3 aromatic rings. The van der Waals surface area contributed by atoms with Gasteiger partial charge < -0.3 is 14.8 Å². The van der Waals surface area contributed by atoms with Crippen molar-refractivity contribution in [3.63, 3.8) is 0 Å². The number of carbonyl (C=O) groups is 2. The average Bonchev–Trinajstić information content (AvgIpc) is 2.80. The Labute approximate surface area is 196 Å². The number of carbonyl (C=O) groups excluding carboxylic acids is 2. The van der Waals surface area contributed by atoms with Crippen LogP contribution in [0.2, 0.25) is 5.02 Å². The Morgan fingerprint density at radius 1 is 0.970 bits per heavy atom. The molecule has 0 bridgehead atoms. The van der Waals surface area contributed by atoms with Crippen LogP contribution in [0, 0.1) is 0 Å². The van der Waals surface area contributed by atoms with Crippen molar-refractivity contribution >= 4 is 44.9 Å². The van der Waals surface area contributed by atoms with E-state index in [4.69, 9.17) is 21.1 Å². The average molecular weight is 489 g/mol. The minimum atomic E-state index is -4.12. The van der Waals surface area contributed by atoms with Crippen molar-refractivity contribution in [2.75, 3.05) is 23.8 Å². The fraction of sp³-hybridized carbons (Fsp3) is 0.130. The summed E-state index contributed by atoms with van der Waals surface area (Å²) in [6, 6.07) is 16.4. The van der Waals surface area contributed by atoms with Gasteiger partial charge >= 0.3 is 5.97 Å². The number of benzene rings is 3. The summed E-state index contributed by atoms with van der Waals surface area (Å²) in [6.45, 7) is 2.07. The van der Waals surface area contributed by atoms with E-state index in [1.165, 1.54) is 37.4 Å². The lowest BCUT2D eigenvalue weighted by Crippen LogP contribution is -2.17. The number of hydrogen-bond donors (Lipinski definition) is 2. The second-order valence-corrected chi connectivity index (χ2v) is 8.81. The number of esters is 1. The topological polar surface area (TPSA) is 111 Å². The molecule has 1 amide bonds. The largest absolute Gasteiger partial charge is 0.492 e. The summed E-state index contributed by atoms with van der Waals surface area (Å²) >= 11 is 5.87. The van der Waals surface area contributed by atoms with Crippen molar-refractivity contribution in [1.29, 1.82) is 0 Å². The van der Waals surface area contributed by atoms with Crippen LogP contribution in [0.3, 0.4) is 0 Å². The molecule has 0 saturated heterocycles. The molecule has 3 aromatic carbocycles. The van der Waals surface area contributed by atoms with E-state index in [1.807, 2.05) is 0 Å². The second kappa shape index (κ2) is 10.4. The Morgan fingerprint density at radius 3 is 2.33 bits per heavy atom. The molecule has 2 N–H and O–H groups in total. The summed E-state index contributed by atoms with van der Waals surface area (Å²) in [5, 5.41) is 3.15. The van der Waals surface area contributed by atoms with Crippen molar-refractivity contribution in [2.45, 2.75) is 11.8 Å². The molecule has 0 aliphatic rings. The second-order valence-electron chi connectivity index (χ2n) is 6.69. The molecular weight excluding hydrogens is 468 g/mol. The van der Waals surface area contributed by atoms with E-state index in [-0.39, 0.29) is 21.8 Å². The van der Waals surface area contributed by atoms with Gasteiger partial charge in [-0.1, -0.05) is 23.7 Å². The van der Waals surface area contributed by atoms with Crippen molar-refractivity contribution in [3.8, 4) is 5.75 Å². The van der Waals surface area contributed by atoms with Gasteiger partial charge in [0.25, 0.3) is 15.9 Å². The number of sulfonamides is 1. The first-order valence-electron chi connectivity index (χ1n) is 9.79. The number of ether oxygens (including phenoxy) is 2. The summed E-state index contributed by atoms with van der Waals surface area (Å²) in [6.07, 6.45) is 0. The quantitative estimate of drug-likeness (QED) is 0.449. The lowest BCUT2D eigenvalue weighted by Gasteiger charge is -2.15. The molecule has 0 heterocycles. The SMILES string of the molecule is CCOc1ccc(S(=O)(=O)Nc2ccccc2C(=O)OC)cc1NC(=O)c1ccc(Cl)cc1. The van der Waals surface area contributed by atoms with Gasteiger partial charge in [0.1, 0.15) is 5.75 Å². The number of hydrogen-bond acceptors (Lipinski definition) is 6. The third kappa shape index (κ3) is 5.82. The number of halogens is 1. The van der Waals surface area contributed by atoms with Gasteiger partial charge in [-0.3, -0.25) is 9.52 Å². The summed E-state index contributed by atoms with van der Waals surface area (Å²) in [5.41, 5.74) is 0.622. The summed E-state index contributed by atoms with van der Waals surface area (Å²) in [4.78, 5) is 24.5. The van der Waals surface area contributed by atoms with E-state index in [9.17, 15) is 18.0 Å². The van der Waals surface area contributed by atoms with Crippen LogP contribution < -0.4 is 14.8 Å². The Morgan fingerprint density at radius 2 is 1.67 bits per heavy atom. The maximum atomic E-state index is 13.0. The smallest absolute Gasteiger partial charge is 0.339 e. The standard InChI is InChI=1S/C23H21ClN2O6S/c1-3-32-21-13-12-17(14-20(21)25-22(27)15-8-10-16(24)11-9-15)33(29,30)26-19-7-5-4-6-18(19)23(28)31-2/h4-14,26H,3H2,1-2H3,(H,25,27). The summed E-state index contributed by atoms with van der Waals surface area (Å²) < 4.78 is 38.7. The predicted octanol–water partition coefficient (Wildman–Crippen LogP) is 4.58. The van der Waals surface area contributed by atoms with E-state index in [1.54, 1.807) is 43.3 Å². The fourth-order valence-corrected chi connectivity index (χ4v) is 4.15. The number of rotatable bonds is 8. The van der Waals surface area contributed by atoms with E-state index < -0.39 is 21.9 Å². The Bertz CT molecular complexity index is 1280. The molecule has 172 valence electrons. The van der Waals surface area contributed by atoms with Crippen LogP contribution in [0.1, 0.15) is 27.6 Å². The lowest BCUT2D eigenvalue weighted by atomic mass is 10.2. The first-order valence-corrected chi connectivity index (χ1v) is 11.6. The molecule has 0 fully saturated rings. The first kappa shape index (κ1) is 24.1. The van der Waals surface area contributed by atoms with Crippen LogP contribution >= 0.6 is 11.6 Å². The van der Waals surface area contributed by atoms with Gasteiger partial charge in [0.2, 0.25) is 0 Å². The highest BCUT2D eigenvalue weighted by Crippen LogP contribution is 2.30. The molecule has 0 atom stereocenters. The molecule has 0 unspecified atom stereocenters. The molecule has 0 saturated carbocycles. The van der Waals surface area contributed by atoms with Crippen molar-refractivity contribution < 1.29 is 27.5 Å². The number of anilines is 2. The zero-order chi connectivity index (χ0) is 24.0. The Balaban J connectivity index is 1.94. The minimum Gasteiger partial charge on any atom is -0.492 e. The number of nitrogens with one attached hydrogen (secondary N) is 2. The molecule has 0 radical (unpaired) electrons. The maximum Gasteiger partial charge on any atom is 0.339 e. The van der Waals surface area contributed by atoms with E-state index in [0.29, 0.717) is 22.9 Å². The molecule has 8 nitrogen and oxygen atoms in total. The zero-order valence-corrected chi connectivity index (χ0v) is 19.4. The predicted molar refractivity (Wildman–Crippen MR) is 126 cm³/mol. The number of para-hydroxylation sites is 1. The van der Waals surface area contributed by atoms with Crippen LogP contribution in [0.4, 0.5) is 11.4 Å². The third-order valence-corrected chi connectivity index (χ3v) is 6.11. The summed E-state index contributed by atoms with van der Waals surface area (Å²) in [5.74, 6) is -0.851. The lowest BCUT2D eigenvalue weighted by molar-refractivity contribution is 0.0602. The maximum absolute atomic E-state index is 13.0. The highest BCUT2D eigenvalue weighted by molar-refractivity contribution is 7.92. The van der Waals surface area contributed by atoms with E-state index in [0.717, 1.165) is 0 Å². The highest BCUT2D eigenvalue weighted by Gasteiger charge is 2.21. The molecule has 0 aliphatic carbocycles. The number of methoxy groups -OCH3 is 1. The van der Waals surface area contributed by atoms with Gasteiger partial charge in [0.05, 0.1) is 35.6 Å². The Hall–Kier alpha value is -3.56. The van der Waals surface area contributed by atoms with Gasteiger partial charge in [-0.2, -0.15) is 0 Å². The van der Waals surface area contributed by atoms with Crippen LogP contribution in [-0.2, 0) is 14.8 Å². The van der Waals surface area contributed by atoms with Gasteiger partial charge in [0.15, 0.2) is 0 Å². The van der Waals surface area contributed by atoms with Crippen LogP contribution in [0.15, 0.2) is 71.6 Å². The Kier molecular flexibility index (Phi) is 7.57. The van der Waals surface area contributed by atoms with Crippen LogP contribution in [-0.4, -0.2) is 34.0 Å². The fourth-order valence-electron chi connectivity index (χ4n) is 2.91. The molecule has 33 heavy (non-hydrogen) atoms.